The first-order valence-corrected chi connectivity index (χ1v) is 7.15. The second-order valence-electron chi connectivity index (χ2n) is 5.23. The monoisotopic (exact) mass is 315 g/mol. The van der Waals surface area contributed by atoms with E-state index in [-0.39, 0.29) is 5.69 Å². The Balaban J connectivity index is 1.84. The molecule has 0 atom stereocenters. The maximum absolute atomic E-state index is 11.0. The van der Waals surface area contributed by atoms with Gasteiger partial charge in [-0.3, -0.25) is 0 Å². The molecule has 1 aromatic carbocycles. The van der Waals surface area contributed by atoms with E-state index in [1.165, 1.54) is 12.4 Å². The average Bonchev–Trinajstić information content (AvgIpc) is 3.27. The van der Waals surface area contributed by atoms with E-state index in [1.807, 2.05) is 0 Å². The first-order chi connectivity index (χ1) is 10.6. The molecular formula is C15H10ClN3O3. The molecule has 1 aliphatic rings. The Morgan fingerprint density at radius 2 is 2.09 bits per heavy atom. The highest BCUT2D eigenvalue weighted by Gasteiger charge is 2.29. The summed E-state index contributed by atoms with van der Waals surface area (Å²) in [5.74, 6) is 0.000762. The first-order valence-electron chi connectivity index (χ1n) is 6.77. The van der Waals surface area contributed by atoms with Crippen molar-refractivity contribution in [1.29, 1.82) is 0 Å². The van der Waals surface area contributed by atoms with Crippen molar-refractivity contribution in [2.75, 3.05) is 0 Å². The molecule has 2 aromatic heterocycles. The lowest BCUT2D eigenvalue weighted by molar-refractivity contribution is 0.0690. The Bertz CT molecular complexity index is 902. The number of fused-ring (bicyclic) bond motifs is 1. The molecule has 0 spiro atoms. The van der Waals surface area contributed by atoms with Crippen LogP contribution in [0, 0.1) is 0 Å². The lowest BCUT2D eigenvalue weighted by Gasteiger charge is -2.02. The molecule has 2 heterocycles. The molecule has 0 radical (unpaired) electrons. The van der Waals surface area contributed by atoms with E-state index >= 15 is 0 Å². The number of rotatable bonds is 3. The Kier molecular flexibility index (Phi) is 2.87. The van der Waals surface area contributed by atoms with E-state index in [1.54, 1.807) is 12.1 Å². The molecule has 7 heteroatoms. The fraction of sp³-hybridized carbons (Fsp3) is 0.200. The SMILES string of the molecule is O=C(O)c1cc(-c2cc(Cl)c3oc(C4CC4)nc3c2)ncn1. The van der Waals surface area contributed by atoms with Crippen LogP contribution in [0.5, 0.6) is 0 Å². The first kappa shape index (κ1) is 13.2. The lowest BCUT2D eigenvalue weighted by atomic mass is 10.1. The fourth-order valence-electron chi connectivity index (χ4n) is 2.29. The molecule has 110 valence electrons. The minimum atomic E-state index is -1.10. The molecule has 1 fully saturated rings. The molecular weight excluding hydrogens is 306 g/mol. The minimum Gasteiger partial charge on any atom is -0.477 e. The Hall–Kier alpha value is -2.47. The van der Waals surface area contributed by atoms with Crippen molar-refractivity contribution in [3.63, 3.8) is 0 Å². The highest BCUT2D eigenvalue weighted by Crippen LogP contribution is 2.42. The normalized spacial score (nSPS) is 14.4. The zero-order valence-electron chi connectivity index (χ0n) is 11.3. The summed E-state index contributed by atoms with van der Waals surface area (Å²) in [5, 5.41) is 9.44. The summed E-state index contributed by atoms with van der Waals surface area (Å²) in [6.45, 7) is 0. The van der Waals surface area contributed by atoms with Gasteiger partial charge >= 0.3 is 5.97 Å². The van der Waals surface area contributed by atoms with E-state index in [0.717, 1.165) is 12.8 Å². The molecule has 0 amide bonds. The molecule has 0 bridgehead atoms. The number of hydrogen-bond acceptors (Lipinski definition) is 5. The van der Waals surface area contributed by atoms with Gasteiger partial charge in [0.05, 0.1) is 10.7 Å². The standard InChI is InChI=1S/C15H10ClN3O3/c16-9-3-8(10-5-12(15(20)21)18-6-17-10)4-11-13(9)22-14(19-11)7-1-2-7/h3-7H,1-2H2,(H,20,21). The van der Waals surface area contributed by atoms with Crippen LogP contribution in [0.2, 0.25) is 5.02 Å². The average molecular weight is 316 g/mol. The van der Waals surface area contributed by atoms with Crippen LogP contribution >= 0.6 is 11.6 Å². The molecule has 0 aliphatic heterocycles. The summed E-state index contributed by atoms with van der Waals surface area (Å²) in [5.41, 5.74) is 2.30. The number of carboxylic acids is 1. The van der Waals surface area contributed by atoms with Crippen LogP contribution < -0.4 is 0 Å². The number of hydrogen-bond donors (Lipinski definition) is 1. The third-order valence-electron chi connectivity index (χ3n) is 3.57. The van der Waals surface area contributed by atoms with Gasteiger partial charge in [0.15, 0.2) is 17.2 Å². The Labute approximate surface area is 129 Å². The molecule has 22 heavy (non-hydrogen) atoms. The minimum absolute atomic E-state index is 0.0694. The number of nitrogens with zero attached hydrogens (tertiary/aromatic N) is 3. The number of oxazole rings is 1. The van der Waals surface area contributed by atoms with Crippen LogP contribution in [-0.2, 0) is 0 Å². The molecule has 0 unspecified atom stereocenters. The highest BCUT2D eigenvalue weighted by atomic mass is 35.5. The van der Waals surface area contributed by atoms with Crippen molar-refractivity contribution in [1.82, 2.24) is 15.0 Å². The largest absolute Gasteiger partial charge is 0.477 e. The fourth-order valence-corrected chi connectivity index (χ4v) is 2.55. The zero-order chi connectivity index (χ0) is 15.3. The maximum Gasteiger partial charge on any atom is 0.354 e. The summed E-state index contributed by atoms with van der Waals surface area (Å²) < 4.78 is 5.71. The number of aromatic nitrogens is 3. The molecule has 0 saturated heterocycles. The molecule has 6 nitrogen and oxygen atoms in total. The summed E-state index contributed by atoms with van der Waals surface area (Å²) in [6.07, 6.45) is 3.39. The number of carbonyl (C=O) groups is 1. The summed E-state index contributed by atoms with van der Waals surface area (Å²) >= 11 is 6.26. The van der Waals surface area contributed by atoms with E-state index in [2.05, 4.69) is 15.0 Å². The second-order valence-corrected chi connectivity index (χ2v) is 5.63. The van der Waals surface area contributed by atoms with Crippen molar-refractivity contribution in [2.24, 2.45) is 0 Å². The van der Waals surface area contributed by atoms with Gasteiger partial charge in [0.25, 0.3) is 0 Å². The number of benzene rings is 1. The van der Waals surface area contributed by atoms with E-state index in [4.69, 9.17) is 21.1 Å². The highest BCUT2D eigenvalue weighted by molar-refractivity contribution is 6.35. The zero-order valence-corrected chi connectivity index (χ0v) is 12.0. The van der Waals surface area contributed by atoms with Crippen molar-refractivity contribution in [2.45, 2.75) is 18.8 Å². The van der Waals surface area contributed by atoms with Gasteiger partial charge in [0.1, 0.15) is 11.8 Å². The third kappa shape index (κ3) is 2.21. The smallest absolute Gasteiger partial charge is 0.354 e. The predicted octanol–water partition coefficient (Wildman–Crippen LogP) is 3.51. The van der Waals surface area contributed by atoms with Gasteiger partial charge in [-0.2, -0.15) is 0 Å². The van der Waals surface area contributed by atoms with Gasteiger partial charge in [0, 0.05) is 11.5 Å². The summed E-state index contributed by atoms with van der Waals surface area (Å²) in [7, 11) is 0. The molecule has 1 saturated carbocycles. The van der Waals surface area contributed by atoms with Crippen LogP contribution in [0.15, 0.2) is 28.9 Å². The van der Waals surface area contributed by atoms with Gasteiger partial charge in [-0.1, -0.05) is 11.6 Å². The Morgan fingerprint density at radius 3 is 2.82 bits per heavy atom. The van der Waals surface area contributed by atoms with E-state index in [0.29, 0.717) is 39.2 Å². The van der Waals surface area contributed by atoms with Crippen molar-refractivity contribution >= 4 is 28.7 Å². The van der Waals surface area contributed by atoms with Crippen LogP contribution in [-0.4, -0.2) is 26.0 Å². The summed E-state index contributed by atoms with van der Waals surface area (Å²) in [4.78, 5) is 23.3. The predicted molar refractivity (Wildman–Crippen MR) is 79.0 cm³/mol. The number of carboxylic acid groups (broad SMARTS) is 1. The molecule has 1 N–H and O–H groups in total. The van der Waals surface area contributed by atoms with Crippen LogP contribution in [0.1, 0.15) is 35.1 Å². The topological polar surface area (TPSA) is 89.1 Å². The van der Waals surface area contributed by atoms with Crippen molar-refractivity contribution < 1.29 is 14.3 Å². The maximum atomic E-state index is 11.0. The van der Waals surface area contributed by atoms with Crippen LogP contribution in [0.4, 0.5) is 0 Å². The van der Waals surface area contributed by atoms with Crippen LogP contribution in [0.3, 0.4) is 0 Å². The third-order valence-corrected chi connectivity index (χ3v) is 3.85. The lowest BCUT2D eigenvalue weighted by Crippen LogP contribution is -2.01. The van der Waals surface area contributed by atoms with Crippen molar-refractivity contribution in [3.8, 4) is 11.3 Å². The number of halogens is 1. The quantitative estimate of drug-likeness (QED) is 0.795. The molecule has 4 rings (SSSR count). The summed E-state index contributed by atoms with van der Waals surface area (Å²) in [6, 6.07) is 4.89. The number of aromatic carboxylic acids is 1. The van der Waals surface area contributed by atoms with E-state index < -0.39 is 5.97 Å². The van der Waals surface area contributed by atoms with Gasteiger partial charge in [-0.25, -0.2) is 19.7 Å². The van der Waals surface area contributed by atoms with Crippen LogP contribution in [0.25, 0.3) is 22.4 Å². The Morgan fingerprint density at radius 1 is 1.27 bits per heavy atom. The second kappa shape index (κ2) is 4.78. The molecule has 3 aromatic rings. The van der Waals surface area contributed by atoms with Gasteiger partial charge in [-0.05, 0) is 31.0 Å². The van der Waals surface area contributed by atoms with Gasteiger partial charge in [-0.15, -0.1) is 0 Å². The van der Waals surface area contributed by atoms with Gasteiger partial charge in [0.2, 0.25) is 0 Å². The molecule has 1 aliphatic carbocycles. The van der Waals surface area contributed by atoms with Gasteiger partial charge < -0.3 is 9.52 Å². The van der Waals surface area contributed by atoms with E-state index in [9.17, 15) is 4.79 Å². The van der Waals surface area contributed by atoms with Crippen molar-refractivity contribution in [3.05, 3.63) is 41.1 Å².